The van der Waals surface area contributed by atoms with Crippen molar-refractivity contribution in [2.45, 2.75) is 36.8 Å². The highest BCUT2D eigenvalue weighted by atomic mass is 32.2. The number of hydrogen-bond acceptors (Lipinski definition) is 5. The number of para-hydroxylation sites is 1. The fourth-order valence-electron chi connectivity index (χ4n) is 3.02. The van der Waals surface area contributed by atoms with Crippen molar-refractivity contribution in [3.05, 3.63) is 84.4 Å². The molecule has 35 heavy (non-hydrogen) atoms. The summed E-state index contributed by atoms with van der Waals surface area (Å²) in [5.41, 5.74) is 2.41. The van der Waals surface area contributed by atoms with E-state index in [9.17, 15) is 14.4 Å². The van der Waals surface area contributed by atoms with Gasteiger partial charge < -0.3 is 20.7 Å². The third kappa shape index (κ3) is 8.50. The molecule has 0 spiro atoms. The molecule has 0 saturated carbocycles. The van der Waals surface area contributed by atoms with Gasteiger partial charge >= 0.3 is 12.0 Å². The average molecular weight is 492 g/mol. The van der Waals surface area contributed by atoms with Gasteiger partial charge in [-0.05, 0) is 74.0 Å². The number of anilines is 3. The first kappa shape index (κ1) is 25.8. The van der Waals surface area contributed by atoms with Crippen molar-refractivity contribution >= 4 is 46.7 Å². The Labute approximate surface area is 209 Å². The lowest BCUT2D eigenvalue weighted by molar-refractivity contribution is -0.115. The Kier molecular flexibility index (Phi) is 9.74. The van der Waals surface area contributed by atoms with E-state index in [4.69, 9.17) is 4.74 Å². The molecule has 0 aromatic heterocycles. The molecule has 0 saturated heterocycles. The summed E-state index contributed by atoms with van der Waals surface area (Å²) >= 11 is 1.41. The van der Waals surface area contributed by atoms with Crippen LogP contribution in [-0.4, -0.2) is 29.8 Å². The number of esters is 1. The summed E-state index contributed by atoms with van der Waals surface area (Å²) in [4.78, 5) is 37.6. The van der Waals surface area contributed by atoms with Gasteiger partial charge in [0.2, 0.25) is 5.91 Å². The number of thioether (sulfide) groups is 1. The Morgan fingerprint density at radius 3 is 2.00 bits per heavy atom. The van der Waals surface area contributed by atoms with Crippen molar-refractivity contribution in [3.8, 4) is 0 Å². The first-order chi connectivity index (χ1) is 16.9. The van der Waals surface area contributed by atoms with Crippen LogP contribution in [0.15, 0.2) is 83.8 Å². The molecule has 7 nitrogen and oxygen atoms in total. The number of carbonyl (C=O) groups excluding carboxylic acids is 3. The lowest BCUT2D eigenvalue weighted by Gasteiger charge is -2.13. The van der Waals surface area contributed by atoms with Crippen LogP contribution in [0.1, 0.15) is 37.0 Å². The minimum atomic E-state index is -0.365. The number of urea groups is 1. The number of rotatable bonds is 10. The van der Waals surface area contributed by atoms with Gasteiger partial charge in [-0.2, -0.15) is 0 Å². The molecule has 0 radical (unpaired) electrons. The first-order valence-corrected chi connectivity index (χ1v) is 12.3. The summed E-state index contributed by atoms with van der Waals surface area (Å²) in [6.07, 6.45) is 1.79. The van der Waals surface area contributed by atoms with Crippen LogP contribution < -0.4 is 16.0 Å². The summed E-state index contributed by atoms with van der Waals surface area (Å²) in [5.74, 6) is -0.520. The minimum absolute atomic E-state index is 0.155. The normalized spacial score (nSPS) is 11.3. The maximum atomic E-state index is 12.6. The number of unbranched alkanes of at least 4 members (excludes halogenated alkanes) is 1. The largest absolute Gasteiger partial charge is 0.462 e. The molecule has 0 aliphatic heterocycles. The number of nitrogens with one attached hydrogen (secondary N) is 3. The highest BCUT2D eigenvalue weighted by Gasteiger charge is 2.15. The standard InChI is InChI=1S/C27H29N3O4S/c1-3-4-18-34-26(32)20-10-12-22(13-11-20)28-25(31)19(2)35-24-16-14-23(15-17-24)30-27(33)29-21-8-6-5-7-9-21/h5-17,19H,3-4,18H2,1-2H3,(H,28,31)(H2,29,30,33). The van der Waals surface area contributed by atoms with E-state index < -0.39 is 0 Å². The highest BCUT2D eigenvalue weighted by Crippen LogP contribution is 2.26. The number of carbonyl (C=O) groups is 3. The Morgan fingerprint density at radius 1 is 0.800 bits per heavy atom. The Hall–Kier alpha value is -3.78. The molecular formula is C27H29N3O4S. The molecule has 0 heterocycles. The molecule has 0 bridgehead atoms. The van der Waals surface area contributed by atoms with Gasteiger partial charge in [-0.1, -0.05) is 31.5 Å². The van der Waals surface area contributed by atoms with Gasteiger partial charge in [-0.25, -0.2) is 9.59 Å². The summed E-state index contributed by atoms with van der Waals surface area (Å²) in [7, 11) is 0. The zero-order valence-corrected chi connectivity index (χ0v) is 20.6. The molecular weight excluding hydrogens is 462 g/mol. The zero-order chi connectivity index (χ0) is 25.0. The van der Waals surface area contributed by atoms with Gasteiger partial charge in [0.25, 0.3) is 0 Å². The van der Waals surface area contributed by atoms with E-state index in [1.54, 1.807) is 36.4 Å². The molecule has 3 aromatic rings. The van der Waals surface area contributed by atoms with Crippen molar-refractivity contribution in [1.82, 2.24) is 0 Å². The van der Waals surface area contributed by atoms with Gasteiger partial charge in [0.15, 0.2) is 0 Å². The van der Waals surface area contributed by atoms with Crippen LogP contribution in [0.2, 0.25) is 0 Å². The molecule has 0 aliphatic carbocycles. The molecule has 182 valence electrons. The second-order valence-corrected chi connectivity index (χ2v) is 9.20. The number of amides is 3. The van der Waals surface area contributed by atoms with Crippen molar-refractivity contribution in [2.75, 3.05) is 22.6 Å². The summed E-state index contributed by atoms with van der Waals surface area (Å²) < 4.78 is 5.19. The summed E-state index contributed by atoms with van der Waals surface area (Å²) in [6.45, 7) is 4.25. The van der Waals surface area contributed by atoms with Crippen molar-refractivity contribution in [3.63, 3.8) is 0 Å². The second-order valence-electron chi connectivity index (χ2n) is 7.79. The van der Waals surface area contributed by atoms with Crippen LogP contribution in [0.25, 0.3) is 0 Å². The van der Waals surface area contributed by atoms with Crippen LogP contribution in [-0.2, 0) is 9.53 Å². The van der Waals surface area contributed by atoms with Crippen molar-refractivity contribution in [2.24, 2.45) is 0 Å². The van der Waals surface area contributed by atoms with E-state index in [1.807, 2.05) is 56.3 Å². The van der Waals surface area contributed by atoms with Gasteiger partial charge in [0.1, 0.15) is 0 Å². The molecule has 3 N–H and O–H groups in total. The van der Waals surface area contributed by atoms with Crippen molar-refractivity contribution in [1.29, 1.82) is 0 Å². The lowest BCUT2D eigenvalue weighted by Crippen LogP contribution is -2.22. The topological polar surface area (TPSA) is 96.5 Å². The Balaban J connectivity index is 1.46. The zero-order valence-electron chi connectivity index (χ0n) is 19.7. The number of ether oxygens (including phenoxy) is 1. The lowest BCUT2D eigenvalue weighted by atomic mass is 10.2. The summed E-state index contributed by atoms with van der Waals surface area (Å²) in [6, 6.07) is 22.8. The molecule has 1 atom stereocenters. The number of hydrogen-bond donors (Lipinski definition) is 3. The van der Waals surface area contributed by atoms with Gasteiger partial charge in [0.05, 0.1) is 17.4 Å². The smallest absolute Gasteiger partial charge is 0.338 e. The van der Waals surface area contributed by atoms with E-state index >= 15 is 0 Å². The molecule has 3 aromatic carbocycles. The van der Waals surface area contributed by atoms with Gasteiger partial charge in [0, 0.05) is 22.0 Å². The Bertz CT molecular complexity index is 1120. The fourth-order valence-corrected chi connectivity index (χ4v) is 3.88. The summed E-state index contributed by atoms with van der Waals surface area (Å²) in [5, 5.41) is 8.05. The third-order valence-electron chi connectivity index (χ3n) is 4.95. The number of benzene rings is 3. The molecule has 0 fully saturated rings. The van der Waals surface area contributed by atoms with Crippen LogP contribution in [0.3, 0.4) is 0 Å². The maximum absolute atomic E-state index is 12.6. The maximum Gasteiger partial charge on any atom is 0.338 e. The molecule has 8 heteroatoms. The van der Waals surface area contributed by atoms with Gasteiger partial charge in [-0.3, -0.25) is 4.79 Å². The minimum Gasteiger partial charge on any atom is -0.462 e. The van der Waals surface area contributed by atoms with E-state index in [0.717, 1.165) is 17.7 Å². The molecule has 1 unspecified atom stereocenters. The van der Waals surface area contributed by atoms with Crippen LogP contribution >= 0.6 is 11.8 Å². The Morgan fingerprint density at radius 2 is 1.37 bits per heavy atom. The molecule has 3 amide bonds. The monoisotopic (exact) mass is 491 g/mol. The third-order valence-corrected chi connectivity index (χ3v) is 6.06. The first-order valence-electron chi connectivity index (χ1n) is 11.4. The van der Waals surface area contributed by atoms with E-state index in [1.165, 1.54) is 11.8 Å². The van der Waals surface area contributed by atoms with Crippen LogP contribution in [0.5, 0.6) is 0 Å². The van der Waals surface area contributed by atoms with Crippen molar-refractivity contribution < 1.29 is 19.1 Å². The van der Waals surface area contributed by atoms with Crippen LogP contribution in [0, 0.1) is 0 Å². The molecule has 0 aliphatic rings. The van der Waals surface area contributed by atoms with E-state index in [0.29, 0.717) is 29.2 Å². The predicted octanol–water partition coefficient (Wildman–Crippen LogP) is 6.41. The van der Waals surface area contributed by atoms with Gasteiger partial charge in [-0.15, -0.1) is 11.8 Å². The van der Waals surface area contributed by atoms with E-state index in [2.05, 4.69) is 16.0 Å². The fraction of sp³-hybridized carbons (Fsp3) is 0.222. The SMILES string of the molecule is CCCCOC(=O)c1ccc(NC(=O)C(C)Sc2ccc(NC(=O)Nc3ccccc3)cc2)cc1. The predicted molar refractivity (Wildman–Crippen MR) is 141 cm³/mol. The highest BCUT2D eigenvalue weighted by molar-refractivity contribution is 8.00. The van der Waals surface area contributed by atoms with E-state index in [-0.39, 0.29) is 23.2 Å². The second kappa shape index (κ2) is 13.2. The van der Waals surface area contributed by atoms with Crippen LogP contribution in [0.4, 0.5) is 21.9 Å². The quantitative estimate of drug-likeness (QED) is 0.173. The molecule has 3 rings (SSSR count). The average Bonchev–Trinajstić information content (AvgIpc) is 2.86.